The highest BCUT2D eigenvalue weighted by molar-refractivity contribution is 6.67. The Hall–Kier alpha value is -1.23. The fourth-order valence-corrected chi connectivity index (χ4v) is 0.959. The largest absolute Gasteiger partial charge is 0.506 e. The number of nitrogens with zero attached hydrogens (tertiary/aromatic N) is 1. The van der Waals surface area contributed by atoms with Gasteiger partial charge in [0, 0.05) is 0 Å². The summed E-state index contributed by atoms with van der Waals surface area (Å²) in [5.41, 5.74) is -1.20. The van der Waals surface area contributed by atoms with Gasteiger partial charge in [-0.1, -0.05) is 0 Å². The minimum atomic E-state index is -2.89. The second kappa shape index (κ2) is 3.66. The van der Waals surface area contributed by atoms with E-state index >= 15 is 0 Å². The molecule has 1 rings (SSSR count). The number of halogens is 3. The summed E-state index contributed by atoms with van der Waals surface area (Å²) in [4.78, 5) is 13.9. The van der Waals surface area contributed by atoms with E-state index in [0.29, 0.717) is 0 Å². The normalized spacial score (nSPS) is 10.5. The maximum Gasteiger partial charge on any atom is 0.271 e. The Balaban J connectivity index is 3.26. The van der Waals surface area contributed by atoms with Crippen LogP contribution in [0.1, 0.15) is 22.5 Å². The molecule has 13 heavy (non-hydrogen) atoms. The lowest BCUT2D eigenvalue weighted by Crippen LogP contribution is -2.01. The Labute approximate surface area is 77.0 Å². The fourth-order valence-electron chi connectivity index (χ4n) is 0.801. The van der Waals surface area contributed by atoms with Crippen molar-refractivity contribution in [2.24, 2.45) is 0 Å². The van der Waals surface area contributed by atoms with E-state index < -0.39 is 28.7 Å². The zero-order valence-corrected chi connectivity index (χ0v) is 6.92. The molecule has 1 N–H and O–H groups in total. The lowest BCUT2D eigenvalue weighted by Gasteiger charge is -2.03. The quantitative estimate of drug-likeness (QED) is 0.756. The molecule has 0 aliphatic carbocycles. The molecule has 1 aromatic heterocycles. The van der Waals surface area contributed by atoms with E-state index in [1.54, 1.807) is 0 Å². The summed E-state index contributed by atoms with van der Waals surface area (Å²) in [7, 11) is 0. The number of hydrogen-bond donors (Lipinski definition) is 1. The topological polar surface area (TPSA) is 50.2 Å². The first-order chi connectivity index (χ1) is 6.02. The van der Waals surface area contributed by atoms with Gasteiger partial charge in [-0.25, -0.2) is 13.8 Å². The summed E-state index contributed by atoms with van der Waals surface area (Å²) in [6.45, 7) is 0. The second-order valence-corrected chi connectivity index (χ2v) is 2.55. The molecular weight excluding hydrogens is 204 g/mol. The predicted molar refractivity (Wildman–Crippen MR) is 41.0 cm³/mol. The van der Waals surface area contributed by atoms with E-state index in [0.717, 1.165) is 12.3 Å². The van der Waals surface area contributed by atoms with Crippen molar-refractivity contribution in [2.75, 3.05) is 0 Å². The van der Waals surface area contributed by atoms with E-state index in [1.165, 1.54) is 0 Å². The number of carbonyl (C=O) groups is 1. The molecule has 0 aliphatic heterocycles. The maximum absolute atomic E-state index is 12.2. The summed E-state index contributed by atoms with van der Waals surface area (Å²) in [5, 5.41) is 7.74. The molecule has 0 bridgehead atoms. The maximum atomic E-state index is 12.2. The predicted octanol–water partition coefficient (Wildman–Crippen LogP) is 2.10. The lowest BCUT2D eigenvalue weighted by molar-refractivity contribution is 0.106. The molecule has 3 nitrogen and oxygen atoms in total. The summed E-state index contributed by atoms with van der Waals surface area (Å²) < 4.78 is 24.4. The van der Waals surface area contributed by atoms with Gasteiger partial charge in [0.1, 0.15) is 11.4 Å². The Morgan fingerprint density at radius 3 is 2.69 bits per heavy atom. The second-order valence-electron chi connectivity index (χ2n) is 2.21. The summed E-state index contributed by atoms with van der Waals surface area (Å²) in [5.74, 6) is -0.433. The number of pyridine rings is 1. The van der Waals surface area contributed by atoms with Crippen molar-refractivity contribution in [3.8, 4) is 5.75 Å². The average molecular weight is 208 g/mol. The van der Waals surface area contributed by atoms with Crippen molar-refractivity contribution >= 4 is 16.8 Å². The van der Waals surface area contributed by atoms with Crippen LogP contribution in [0.3, 0.4) is 0 Å². The third kappa shape index (κ3) is 2.12. The van der Waals surface area contributed by atoms with Gasteiger partial charge in [-0.2, -0.15) is 0 Å². The SMILES string of the molecule is O=C(Cl)c1ncc(O)cc1C(F)F. The molecule has 0 aromatic carbocycles. The zero-order chi connectivity index (χ0) is 10.0. The van der Waals surface area contributed by atoms with Gasteiger partial charge in [0.25, 0.3) is 11.7 Å². The number of hydrogen-bond acceptors (Lipinski definition) is 3. The Kier molecular flexibility index (Phi) is 2.77. The molecule has 0 atom stereocenters. The average Bonchev–Trinajstić information content (AvgIpc) is 2.03. The number of aromatic nitrogens is 1. The van der Waals surface area contributed by atoms with Gasteiger partial charge >= 0.3 is 0 Å². The molecular formula is C7H4ClF2NO2. The van der Waals surface area contributed by atoms with Gasteiger partial charge in [0.2, 0.25) is 0 Å². The van der Waals surface area contributed by atoms with Crippen molar-refractivity contribution in [3.05, 3.63) is 23.5 Å². The van der Waals surface area contributed by atoms with Crippen molar-refractivity contribution in [2.45, 2.75) is 6.43 Å². The van der Waals surface area contributed by atoms with Crippen LogP contribution < -0.4 is 0 Å². The van der Waals surface area contributed by atoms with Crippen LogP contribution in [0.15, 0.2) is 12.3 Å². The Morgan fingerprint density at radius 1 is 1.62 bits per heavy atom. The smallest absolute Gasteiger partial charge is 0.271 e. The highest BCUT2D eigenvalue weighted by Gasteiger charge is 2.18. The summed E-state index contributed by atoms with van der Waals surface area (Å²) >= 11 is 4.99. The van der Waals surface area contributed by atoms with Crippen LogP contribution in [0.2, 0.25) is 0 Å². The van der Waals surface area contributed by atoms with Crippen LogP contribution in [0.25, 0.3) is 0 Å². The van der Waals surface area contributed by atoms with Gasteiger partial charge in [-0.05, 0) is 17.7 Å². The molecule has 0 radical (unpaired) electrons. The molecule has 6 heteroatoms. The standard InChI is InChI=1S/C7H4ClF2NO2/c8-6(13)5-4(7(9)10)1-3(12)2-11-5/h1-2,7,12H. The zero-order valence-electron chi connectivity index (χ0n) is 6.17. The van der Waals surface area contributed by atoms with Crippen LogP contribution >= 0.6 is 11.6 Å². The van der Waals surface area contributed by atoms with Crippen LogP contribution in [0, 0.1) is 0 Å². The highest BCUT2D eigenvalue weighted by atomic mass is 35.5. The first-order valence-electron chi connectivity index (χ1n) is 3.19. The number of alkyl halides is 2. The fraction of sp³-hybridized carbons (Fsp3) is 0.143. The molecule has 0 spiro atoms. The van der Waals surface area contributed by atoms with Crippen molar-refractivity contribution in [3.63, 3.8) is 0 Å². The van der Waals surface area contributed by atoms with Gasteiger partial charge < -0.3 is 5.11 Å². The third-order valence-electron chi connectivity index (χ3n) is 1.32. The first kappa shape index (κ1) is 9.85. The van der Waals surface area contributed by atoms with Crippen molar-refractivity contribution < 1.29 is 18.7 Å². The molecule has 1 aromatic rings. The van der Waals surface area contributed by atoms with Gasteiger partial charge in [0.15, 0.2) is 0 Å². The molecule has 0 fully saturated rings. The molecule has 70 valence electrons. The van der Waals surface area contributed by atoms with Gasteiger partial charge in [0.05, 0.1) is 11.8 Å². The van der Waals surface area contributed by atoms with E-state index in [9.17, 15) is 13.6 Å². The number of carbonyl (C=O) groups excluding carboxylic acids is 1. The van der Waals surface area contributed by atoms with E-state index in [2.05, 4.69) is 4.98 Å². The van der Waals surface area contributed by atoms with Gasteiger partial charge in [-0.15, -0.1) is 0 Å². The van der Waals surface area contributed by atoms with Crippen molar-refractivity contribution in [1.82, 2.24) is 4.98 Å². The molecule has 0 saturated heterocycles. The summed E-state index contributed by atoms with van der Waals surface area (Å²) in [6.07, 6.45) is -2.01. The van der Waals surface area contributed by atoms with Crippen LogP contribution in [0.4, 0.5) is 8.78 Å². The van der Waals surface area contributed by atoms with Crippen LogP contribution in [-0.2, 0) is 0 Å². The molecule has 0 aliphatic rings. The Bertz CT molecular complexity index is 343. The van der Waals surface area contributed by atoms with Crippen LogP contribution in [-0.4, -0.2) is 15.3 Å². The molecule has 1 heterocycles. The van der Waals surface area contributed by atoms with Crippen LogP contribution in [0.5, 0.6) is 5.75 Å². The molecule has 0 amide bonds. The highest BCUT2D eigenvalue weighted by Crippen LogP contribution is 2.25. The monoisotopic (exact) mass is 207 g/mol. The Morgan fingerprint density at radius 2 is 2.23 bits per heavy atom. The van der Waals surface area contributed by atoms with Crippen molar-refractivity contribution in [1.29, 1.82) is 0 Å². The minimum Gasteiger partial charge on any atom is -0.506 e. The lowest BCUT2D eigenvalue weighted by atomic mass is 10.2. The number of aromatic hydroxyl groups is 1. The minimum absolute atomic E-state index is 0.433. The third-order valence-corrected chi connectivity index (χ3v) is 1.50. The van der Waals surface area contributed by atoms with E-state index in [4.69, 9.17) is 16.7 Å². The first-order valence-corrected chi connectivity index (χ1v) is 3.57. The molecule has 0 saturated carbocycles. The van der Waals surface area contributed by atoms with E-state index in [-0.39, 0.29) is 0 Å². The van der Waals surface area contributed by atoms with E-state index in [1.807, 2.05) is 0 Å². The molecule has 0 unspecified atom stereocenters. The van der Waals surface area contributed by atoms with Gasteiger partial charge in [-0.3, -0.25) is 4.79 Å². The number of rotatable bonds is 2. The summed E-state index contributed by atoms with van der Waals surface area (Å²) in [6, 6.07) is 0.757.